The third-order valence-corrected chi connectivity index (χ3v) is 6.27. The lowest BCUT2D eigenvalue weighted by Gasteiger charge is -2.47. The van der Waals surface area contributed by atoms with Crippen molar-refractivity contribution in [3.8, 4) is 0 Å². The quantitative estimate of drug-likeness (QED) is 0.369. The monoisotopic (exact) mass is 540 g/mol. The molecular formula is C25H34F6N2O4. The van der Waals surface area contributed by atoms with Crippen LogP contribution in [0.4, 0.5) is 35.9 Å². The van der Waals surface area contributed by atoms with E-state index in [0.29, 0.717) is 25.0 Å². The highest BCUT2D eigenvalue weighted by atomic mass is 19.4. The van der Waals surface area contributed by atoms with Gasteiger partial charge in [-0.15, -0.1) is 0 Å². The molecule has 3 atom stereocenters. The van der Waals surface area contributed by atoms with Crippen LogP contribution >= 0.6 is 0 Å². The Morgan fingerprint density at radius 3 is 1.73 bits per heavy atom. The molecule has 1 saturated heterocycles. The molecule has 210 valence electrons. The summed E-state index contributed by atoms with van der Waals surface area (Å²) in [6, 6.07) is -0.0580. The van der Waals surface area contributed by atoms with Gasteiger partial charge in [0.05, 0.1) is 18.2 Å². The van der Waals surface area contributed by atoms with E-state index in [4.69, 9.17) is 9.47 Å². The number of piperidine rings is 1. The number of carbonyl (C=O) groups is 2. The van der Waals surface area contributed by atoms with Crippen LogP contribution in [0.2, 0.25) is 0 Å². The van der Waals surface area contributed by atoms with Crippen LogP contribution < -0.4 is 0 Å². The summed E-state index contributed by atoms with van der Waals surface area (Å²) in [5.74, 6) is 0. The molecule has 1 aliphatic rings. The van der Waals surface area contributed by atoms with E-state index in [9.17, 15) is 35.9 Å². The fraction of sp³-hybridized carbons (Fsp3) is 0.680. The van der Waals surface area contributed by atoms with E-state index in [0.717, 1.165) is 12.0 Å². The Labute approximate surface area is 212 Å². The summed E-state index contributed by atoms with van der Waals surface area (Å²) in [7, 11) is 1.09. The molecule has 37 heavy (non-hydrogen) atoms. The van der Waals surface area contributed by atoms with E-state index in [1.54, 1.807) is 25.7 Å². The standard InChI is InChI=1S/C25H34F6N2O4/c1-7-18-12-20(13-19(8-2)33(18)22(35)37-23(3,4)5)32(21(34)36-6)14-15-9-16(24(26,27)28)11-17(10-15)25(29,30)31/h9-11,18-20H,7-8,12-14H2,1-6H3/t18-,19+,20?. The number of methoxy groups -OCH3 is 1. The van der Waals surface area contributed by atoms with Crippen molar-refractivity contribution in [1.29, 1.82) is 0 Å². The maximum atomic E-state index is 13.4. The van der Waals surface area contributed by atoms with Gasteiger partial charge in [-0.25, -0.2) is 9.59 Å². The van der Waals surface area contributed by atoms with Crippen molar-refractivity contribution in [2.75, 3.05) is 7.11 Å². The van der Waals surface area contributed by atoms with Crippen molar-refractivity contribution in [3.05, 3.63) is 34.9 Å². The molecule has 2 rings (SSSR count). The van der Waals surface area contributed by atoms with Gasteiger partial charge < -0.3 is 19.3 Å². The number of carbonyl (C=O) groups excluding carboxylic acids is 2. The second-order valence-corrected chi connectivity index (χ2v) is 10.1. The number of hydrogen-bond acceptors (Lipinski definition) is 4. The van der Waals surface area contributed by atoms with E-state index in [-0.39, 0.29) is 36.6 Å². The zero-order valence-electron chi connectivity index (χ0n) is 21.8. The van der Waals surface area contributed by atoms with Gasteiger partial charge in [0.25, 0.3) is 0 Å². The number of amides is 2. The Hall–Kier alpha value is -2.66. The van der Waals surface area contributed by atoms with Crippen molar-refractivity contribution in [2.24, 2.45) is 0 Å². The number of alkyl halides is 6. The lowest BCUT2D eigenvalue weighted by Crippen LogP contribution is -2.58. The zero-order valence-corrected chi connectivity index (χ0v) is 21.8. The first-order chi connectivity index (χ1) is 16.9. The van der Waals surface area contributed by atoms with Crippen LogP contribution in [0, 0.1) is 0 Å². The predicted octanol–water partition coefficient (Wildman–Crippen LogP) is 7.25. The molecule has 0 spiro atoms. The van der Waals surface area contributed by atoms with Crippen LogP contribution in [-0.4, -0.2) is 52.8 Å². The van der Waals surface area contributed by atoms with Crippen molar-refractivity contribution < 1.29 is 45.4 Å². The molecule has 1 aromatic carbocycles. The molecule has 1 aliphatic heterocycles. The number of ether oxygens (including phenoxy) is 2. The van der Waals surface area contributed by atoms with E-state index < -0.39 is 53.9 Å². The minimum Gasteiger partial charge on any atom is -0.453 e. The number of benzene rings is 1. The van der Waals surface area contributed by atoms with Gasteiger partial charge in [0.1, 0.15) is 5.60 Å². The fourth-order valence-electron chi connectivity index (χ4n) is 4.61. The van der Waals surface area contributed by atoms with Gasteiger partial charge in [-0.05, 0) is 70.2 Å². The third kappa shape index (κ3) is 7.91. The molecule has 1 heterocycles. The highest BCUT2D eigenvalue weighted by Gasteiger charge is 2.43. The third-order valence-electron chi connectivity index (χ3n) is 6.27. The smallest absolute Gasteiger partial charge is 0.416 e. The molecule has 0 bridgehead atoms. The van der Waals surface area contributed by atoms with Crippen LogP contribution in [0.15, 0.2) is 18.2 Å². The van der Waals surface area contributed by atoms with Gasteiger partial charge in [-0.2, -0.15) is 26.3 Å². The Balaban J connectivity index is 2.45. The summed E-state index contributed by atoms with van der Waals surface area (Å²) < 4.78 is 90.6. The van der Waals surface area contributed by atoms with Crippen molar-refractivity contribution in [3.63, 3.8) is 0 Å². The molecule has 12 heteroatoms. The molecule has 0 radical (unpaired) electrons. The molecule has 0 aliphatic carbocycles. The van der Waals surface area contributed by atoms with Gasteiger partial charge in [-0.1, -0.05) is 13.8 Å². The molecule has 1 aromatic rings. The van der Waals surface area contributed by atoms with Crippen LogP contribution in [0.5, 0.6) is 0 Å². The van der Waals surface area contributed by atoms with Crippen LogP contribution in [0.25, 0.3) is 0 Å². The Bertz CT molecular complexity index is 912. The largest absolute Gasteiger partial charge is 0.453 e. The maximum absolute atomic E-state index is 13.4. The minimum absolute atomic E-state index is 0.0472. The SMILES string of the molecule is CC[C@@H]1CC(N(Cc2cc(C(F)(F)F)cc(C(F)(F)F)c2)C(=O)OC)C[C@H](CC)N1C(=O)OC(C)(C)C. The first-order valence-corrected chi connectivity index (χ1v) is 12.1. The lowest BCUT2D eigenvalue weighted by atomic mass is 9.87. The Morgan fingerprint density at radius 2 is 1.38 bits per heavy atom. The highest BCUT2D eigenvalue weighted by molar-refractivity contribution is 5.70. The van der Waals surface area contributed by atoms with Gasteiger partial charge in [0.15, 0.2) is 0 Å². The van der Waals surface area contributed by atoms with Crippen molar-refractivity contribution in [2.45, 2.75) is 103 Å². The van der Waals surface area contributed by atoms with Crippen LogP contribution in [-0.2, 0) is 28.4 Å². The molecule has 1 unspecified atom stereocenters. The summed E-state index contributed by atoms with van der Waals surface area (Å²) in [6.45, 7) is 8.39. The van der Waals surface area contributed by atoms with E-state index in [1.807, 2.05) is 13.8 Å². The number of rotatable bonds is 5. The van der Waals surface area contributed by atoms with E-state index in [1.165, 1.54) is 0 Å². The van der Waals surface area contributed by atoms with Crippen LogP contribution in [0.3, 0.4) is 0 Å². The fourth-order valence-corrected chi connectivity index (χ4v) is 4.61. The van der Waals surface area contributed by atoms with E-state index >= 15 is 0 Å². The first kappa shape index (κ1) is 30.6. The van der Waals surface area contributed by atoms with Crippen LogP contribution in [0.1, 0.15) is 77.0 Å². The van der Waals surface area contributed by atoms with Gasteiger partial charge in [0.2, 0.25) is 0 Å². The van der Waals surface area contributed by atoms with Crippen molar-refractivity contribution in [1.82, 2.24) is 9.80 Å². The summed E-state index contributed by atoms with van der Waals surface area (Å²) in [5.41, 5.74) is -3.98. The second kappa shape index (κ2) is 11.4. The summed E-state index contributed by atoms with van der Waals surface area (Å²) in [6.07, 6.45) is -9.89. The molecule has 2 amide bonds. The summed E-state index contributed by atoms with van der Waals surface area (Å²) in [4.78, 5) is 28.5. The molecule has 1 fully saturated rings. The van der Waals surface area contributed by atoms with Gasteiger partial charge >= 0.3 is 24.5 Å². The topological polar surface area (TPSA) is 59.1 Å². The van der Waals surface area contributed by atoms with E-state index in [2.05, 4.69) is 0 Å². The average molecular weight is 541 g/mol. The number of hydrogen-bond donors (Lipinski definition) is 0. The molecule has 6 nitrogen and oxygen atoms in total. The summed E-state index contributed by atoms with van der Waals surface area (Å²) >= 11 is 0. The number of likely N-dealkylation sites (tertiary alicyclic amines) is 1. The van der Waals surface area contributed by atoms with Gasteiger partial charge in [-0.3, -0.25) is 0 Å². The Kier molecular flexibility index (Phi) is 9.41. The number of halogens is 6. The zero-order chi connectivity index (χ0) is 28.3. The minimum atomic E-state index is -5.01. The number of nitrogens with zero attached hydrogens (tertiary/aromatic N) is 2. The highest BCUT2D eigenvalue weighted by Crippen LogP contribution is 2.38. The molecule has 0 N–H and O–H groups in total. The average Bonchev–Trinajstić information content (AvgIpc) is 2.78. The normalized spacial score (nSPS) is 21.0. The second-order valence-electron chi connectivity index (χ2n) is 10.1. The summed E-state index contributed by atoms with van der Waals surface area (Å²) in [5, 5.41) is 0. The van der Waals surface area contributed by atoms with Crippen molar-refractivity contribution >= 4 is 12.2 Å². The molecule has 0 saturated carbocycles. The van der Waals surface area contributed by atoms with Gasteiger partial charge in [0, 0.05) is 24.7 Å². The predicted molar refractivity (Wildman–Crippen MR) is 124 cm³/mol. The first-order valence-electron chi connectivity index (χ1n) is 12.1. The Morgan fingerprint density at radius 1 is 0.919 bits per heavy atom. The lowest BCUT2D eigenvalue weighted by molar-refractivity contribution is -0.143. The maximum Gasteiger partial charge on any atom is 0.416 e. The molecule has 0 aromatic heterocycles. The molecular weight excluding hydrogens is 506 g/mol.